The summed E-state index contributed by atoms with van der Waals surface area (Å²) >= 11 is 0. The zero-order valence-corrected chi connectivity index (χ0v) is 11.8. The third-order valence-corrected chi connectivity index (χ3v) is 4.76. The average molecular weight is 238 g/mol. The van der Waals surface area contributed by atoms with Crippen LogP contribution in [0, 0.1) is 17.8 Å². The maximum atomic E-state index is 3.66. The second kappa shape index (κ2) is 6.75. The summed E-state index contributed by atoms with van der Waals surface area (Å²) in [5.41, 5.74) is 0. The SMILES string of the molecule is CC(C)C1CCN(CCNCC2CCCC2)C1. The predicted octanol–water partition coefficient (Wildman–Crippen LogP) is 2.74. The van der Waals surface area contributed by atoms with Crippen LogP contribution in [-0.2, 0) is 0 Å². The molecule has 0 aromatic rings. The molecule has 0 aromatic carbocycles. The monoisotopic (exact) mass is 238 g/mol. The lowest BCUT2D eigenvalue weighted by Gasteiger charge is -2.18. The summed E-state index contributed by atoms with van der Waals surface area (Å²) in [6, 6.07) is 0. The molecule has 1 aliphatic carbocycles. The minimum Gasteiger partial charge on any atom is -0.315 e. The number of likely N-dealkylation sites (tertiary alicyclic amines) is 1. The molecule has 2 rings (SSSR count). The first kappa shape index (κ1) is 13.4. The van der Waals surface area contributed by atoms with Gasteiger partial charge < -0.3 is 10.2 Å². The molecule has 1 heterocycles. The van der Waals surface area contributed by atoms with Crippen LogP contribution in [-0.4, -0.2) is 37.6 Å². The molecule has 100 valence electrons. The van der Waals surface area contributed by atoms with Gasteiger partial charge in [0, 0.05) is 19.6 Å². The second-order valence-electron chi connectivity index (χ2n) is 6.45. The highest BCUT2D eigenvalue weighted by Crippen LogP contribution is 2.24. The van der Waals surface area contributed by atoms with Crippen LogP contribution >= 0.6 is 0 Å². The first-order valence-corrected chi connectivity index (χ1v) is 7.69. The summed E-state index contributed by atoms with van der Waals surface area (Å²) in [5.74, 6) is 2.80. The lowest BCUT2D eigenvalue weighted by atomic mass is 9.95. The predicted molar refractivity (Wildman–Crippen MR) is 74.2 cm³/mol. The molecule has 1 N–H and O–H groups in total. The largest absolute Gasteiger partial charge is 0.315 e. The quantitative estimate of drug-likeness (QED) is 0.716. The highest BCUT2D eigenvalue weighted by molar-refractivity contribution is 4.78. The molecule has 0 spiro atoms. The second-order valence-corrected chi connectivity index (χ2v) is 6.45. The fourth-order valence-corrected chi connectivity index (χ4v) is 3.37. The summed E-state index contributed by atoms with van der Waals surface area (Å²) in [4.78, 5) is 2.65. The molecular weight excluding hydrogens is 208 g/mol. The topological polar surface area (TPSA) is 15.3 Å². The van der Waals surface area contributed by atoms with Crippen molar-refractivity contribution < 1.29 is 0 Å². The smallest absolute Gasteiger partial charge is 0.0107 e. The Bertz CT molecular complexity index is 209. The van der Waals surface area contributed by atoms with Crippen LogP contribution < -0.4 is 5.32 Å². The van der Waals surface area contributed by atoms with E-state index in [-0.39, 0.29) is 0 Å². The maximum Gasteiger partial charge on any atom is 0.0107 e. The van der Waals surface area contributed by atoms with Gasteiger partial charge in [0.2, 0.25) is 0 Å². The third-order valence-electron chi connectivity index (χ3n) is 4.76. The molecule has 2 nitrogen and oxygen atoms in total. The zero-order valence-electron chi connectivity index (χ0n) is 11.8. The van der Waals surface area contributed by atoms with E-state index in [0.29, 0.717) is 0 Å². The molecule has 1 unspecified atom stereocenters. The normalized spacial score (nSPS) is 27.4. The van der Waals surface area contributed by atoms with E-state index < -0.39 is 0 Å². The molecule has 0 bridgehead atoms. The van der Waals surface area contributed by atoms with E-state index in [0.717, 1.165) is 17.8 Å². The van der Waals surface area contributed by atoms with E-state index in [1.807, 2.05) is 0 Å². The molecule has 2 aliphatic rings. The molecule has 1 aliphatic heterocycles. The van der Waals surface area contributed by atoms with Crippen LogP contribution in [0.25, 0.3) is 0 Å². The van der Waals surface area contributed by atoms with Gasteiger partial charge in [-0.25, -0.2) is 0 Å². The summed E-state index contributed by atoms with van der Waals surface area (Å²) in [7, 11) is 0. The van der Waals surface area contributed by atoms with Gasteiger partial charge >= 0.3 is 0 Å². The molecule has 0 amide bonds. The van der Waals surface area contributed by atoms with Gasteiger partial charge in [-0.1, -0.05) is 26.7 Å². The van der Waals surface area contributed by atoms with E-state index >= 15 is 0 Å². The van der Waals surface area contributed by atoms with Gasteiger partial charge in [-0.3, -0.25) is 0 Å². The molecule has 2 heteroatoms. The Balaban J connectivity index is 1.51. The lowest BCUT2D eigenvalue weighted by Crippen LogP contribution is -2.32. The van der Waals surface area contributed by atoms with Crippen molar-refractivity contribution in [2.24, 2.45) is 17.8 Å². The number of nitrogens with one attached hydrogen (secondary N) is 1. The maximum absolute atomic E-state index is 3.66. The van der Waals surface area contributed by atoms with Crippen LogP contribution in [0.1, 0.15) is 46.0 Å². The van der Waals surface area contributed by atoms with Gasteiger partial charge in [0.1, 0.15) is 0 Å². The molecule has 1 atom stereocenters. The number of rotatable bonds is 6. The lowest BCUT2D eigenvalue weighted by molar-refractivity contribution is 0.299. The Morgan fingerprint density at radius 2 is 1.94 bits per heavy atom. The first-order valence-electron chi connectivity index (χ1n) is 7.69. The van der Waals surface area contributed by atoms with Gasteiger partial charge in [0.05, 0.1) is 0 Å². The van der Waals surface area contributed by atoms with E-state index in [9.17, 15) is 0 Å². The van der Waals surface area contributed by atoms with Gasteiger partial charge in [-0.05, 0) is 50.1 Å². The minimum absolute atomic E-state index is 0.867. The highest BCUT2D eigenvalue weighted by Gasteiger charge is 2.24. The number of hydrogen-bond donors (Lipinski definition) is 1. The van der Waals surface area contributed by atoms with E-state index in [4.69, 9.17) is 0 Å². The number of nitrogens with zero attached hydrogens (tertiary/aromatic N) is 1. The Morgan fingerprint density at radius 1 is 1.18 bits per heavy atom. The van der Waals surface area contributed by atoms with Crippen molar-refractivity contribution >= 4 is 0 Å². The van der Waals surface area contributed by atoms with Gasteiger partial charge in [-0.2, -0.15) is 0 Å². The van der Waals surface area contributed by atoms with Crippen LogP contribution in [0.4, 0.5) is 0 Å². The fourth-order valence-electron chi connectivity index (χ4n) is 3.37. The zero-order chi connectivity index (χ0) is 12.1. The first-order chi connectivity index (χ1) is 8.25. The van der Waals surface area contributed by atoms with Crippen molar-refractivity contribution in [2.45, 2.75) is 46.0 Å². The Labute approximate surface area is 107 Å². The molecular formula is C15H30N2. The fraction of sp³-hybridized carbons (Fsp3) is 1.00. The molecule has 17 heavy (non-hydrogen) atoms. The summed E-state index contributed by atoms with van der Waals surface area (Å²) in [5, 5.41) is 3.66. The minimum atomic E-state index is 0.867. The highest BCUT2D eigenvalue weighted by atomic mass is 15.2. The molecule has 0 radical (unpaired) electrons. The number of hydrogen-bond acceptors (Lipinski definition) is 2. The van der Waals surface area contributed by atoms with Crippen LogP contribution in [0.3, 0.4) is 0 Å². The van der Waals surface area contributed by atoms with E-state index in [1.54, 1.807) is 0 Å². The van der Waals surface area contributed by atoms with Crippen LogP contribution in [0.2, 0.25) is 0 Å². The third kappa shape index (κ3) is 4.26. The summed E-state index contributed by atoms with van der Waals surface area (Å²) in [6.45, 7) is 11.1. The van der Waals surface area contributed by atoms with Crippen molar-refractivity contribution in [1.29, 1.82) is 0 Å². The van der Waals surface area contributed by atoms with Gasteiger partial charge in [0.15, 0.2) is 0 Å². The van der Waals surface area contributed by atoms with E-state index in [1.165, 1.54) is 64.8 Å². The van der Waals surface area contributed by atoms with Crippen LogP contribution in [0.5, 0.6) is 0 Å². The van der Waals surface area contributed by atoms with Crippen molar-refractivity contribution in [3.05, 3.63) is 0 Å². The Kier molecular flexibility index (Phi) is 5.30. The van der Waals surface area contributed by atoms with Crippen molar-refractivity contribution in [2.75, 3.05) is 32.7 Å². The molecule has 1 saturated heterocycles. The summed E-state index contributed by atoms with van der Waals surface area (Å²) < 4.78 is 0. The average Bonchev–Trinajstić information content (AvgIpc) is 2.96. The molecule has 1 saturated carbocycles. The summed E-state index contributed by atoms with van der Waals surface area (Å²) in [6.07, 6.45) is 7.28. The standard InChI is InChI=1S/C15H30N2/c1-13(2)15-7-9-17(12-15)10-8-16-11-14-5-3-4-6-14/h13-16H,3-12H2,1-2H3. The van der Waals surface area contributed by atoms with Gasteiger partial charge in [-0.15, -0.1) is 0 Å². The van der Waals surface area contributed by atoms with Crippen molar-refractivity contribution in [3.8, 4) is 0 Å². The van der Waals surface area contributed by atoms with Crippen molar-refractivity contribution in [3.63, 3.8) is 0 Å². The Morgan fingerprint density at radius 3 is 2.59 bits per heavy atom. The Hall–Kier alpha value is -0.0800. The van der Waals surface area contributed by atoms with Crippen molar-refractivity contribution in [1.82, 2.24) is 10.2 Å². The van der Waals surface area contributed by atoms with E-state index in [2.05, 4.69) is 24.1 Å². The van der Waals surface area contributed by atoms with Crippen LogP contribution in [0.15, 0.2) is 0 Å². The van der Waals surface area contributed by atoms with Gasteiger partial charge in [0.25, 0.3) is 0 Å². The molecule has 0 aromatic heterocycles. The molecule has 2 fully saturated rings.